The fourth-order valence-electron chi connectivity index (χ4n) is 1.84. The molecule has 0 radical (unpaired) electrons. The Bertz CT molecular complexity index is 469. The maximum absolute atomic E-state index is 12.2. The average Bonchev–Trinajstić information content (AvgIpc) is 2.22. The lowest BCUT2D eigenvalue weighted by Crippen LogP contribution is -2.36. The van der Waals surface area contributed by atoms with Crippen LogP contribution >= 0.6 is 12.2 Å². The quantitative estimate of drug-likeness (QED) is 0.822. The highest BCUT2D eigenvalue weighted by Crippen LogP contribution is 2.19. The first kappa shape index (κ1) is 14.6. The van der Waals surface area contributed by atoms with Gasteiger partial charge in [0.2, 0.25) is 5.91 Å². The van der Waals surface area contributed by atoms with Crippen molar-refractivity contribution >= 4 is 28.8 Å². The molecule has 0 saturated carbocycles. The van der Waals surface area contributed by atoms with E-state index in [0.717, 1.165) is 16.8 Å². The Morgan fingerprint density at radius 2 is 1.94 bits per heavy atom. The van der Waals surface area contributed by atoms with Crippen LogP contribution in [-0.2, 0) is 4.79 Å². The Balaban J connectivity index is 2.92. The second-order valence-electron chi connectivity index (χ2n) is 4.93. The number of benzene rings is 1. The van der Waals surface area contributed by atoms with Crippen LogP contribution in [0.5, 0.6) is 0 Å². The first-order chi connectivity index (χ1) is 8.32. The number of hydrogen-bond acceptors (Lipinski definition) is 2. The molecule has 1 atom stereocenters. The van der Waals surface area contributed by atoms with E-state index in [-0.39, 0.29) is 16.8 Å². The number of hydrogen-bond donors (Lipinski definition) is 2. The number of amides is 1. The molecule has 0 aliphatic heterocycles. The third-order valence-electron chi connectivity index (χ3n) is 2.91. The maximum Gasteiger partial charge on any atom is 0.234 e. The van der Waals surface area contributed by atoms with Crippen molar-refractivity contribution in [1.82, 2.24) is 0 Å². The summed E-state index contributed by atoms with van der Waals surface area (Å²) >= 11 is 4.96. The molecule has 0 fully saturated rings. The largest absolute Gasteiger partial charge is 0.393 e. The van der Waals surface area contributed by atoms with Gasteiger partial charge in [-0.2, -0.15) is 0 Å². The molecule has 3 nitrogen and oxygen atoms in total. The molecule has 1 rings (SSSR count). The molecule has 1 aromatic rings. The summed E-state index contributed by atoms with van der Waals surface area (Å²) in [4.78, 5) is 12.4. The van der Waals surface area contributed by atoms with E-state index < -0.39 is 5.92 Å². The van der Waals surface area contributed by atoms with Crippen molar-refractivity contribution in [3.8, 4) is 0 Å². The average molecular weight is 264 g/mol. The van der Waals surface area contributed by atoms with Crippen LogP contribution < -0.4 is 11.1 Å². The predicted molar refractivity (Wildman–Crippen MR) is 79.7 cm³/mol. The number of thiocarbonyl (C=S) groups is 1. The van der Waals surface area contributed by atoms with Gasteiger partial charge in [0.25, 0.3) is 0 Å². The summed E-state index contributed by atoms with van der Waals surface area (Å²) in [6, 6.07) is 5.94. The zero-order valence-electron chi connectivity index (χ0n) is 11.3. The highest BCUT2D eigenvalue weighted by molar-refractivity contribution is 7.80. The van der Waals surface area contributed by atoms with Crippen molar-refractivity contribution in [2.24, 2.45) is 17.6 Å². The lowest BCUT2D eigenvalue weighted by Gasteiger charge is -2.19. The van der Waals surface area contributed by atoms with E-state index in [1.165, 1.54) is 0 Å². The van der Waals surface area contributed by atoms with Crippen LogP contribution in [0.2, 0.25) is 0 Å². The topological polar surface area (TPSA) is 55.1 Å². The summed E-state index contributed by atoms with van der Waals surface area (Å²) in [6.07, 6.45) is 0. The summed E-state index contributed by atoms with van der Waals surface area (Å²) in [5, 5.41) is 2.91. The molecule has 0 spiro atoms. The minimum atomic E-state index is -0.431. The Kier molecular flexibility index (Phi) is 4.84. The number of carbonyl (C=O) groups excluding carboxylic acids is 1. The summed E-state index contributed by atoms with van der Waals surface area (Å²) in [5.74, 6) is -0.473. The molecule has 1 aromatic carbocycles. The molecule has 0 aliphatic rings. The SMILES string of the molecule is Cc1ccc(C)c(NC(=O)C(C(N)=S)C(C)C)c1. The van der Waals surface area contributed by atoms with Crippen molar-refractivity contribution in [3.05, 3.63) is 29.3 Å². The lowest BCUT2D eigenvalue weighted by molar-refractivity contribution is -0.118. The third kappa shape index (κ3) is 3.53. The van der Waals surface area contributed by atoms with Crippen molar-refractivity contribution in [3.63, 3.8) is 0 Å². The van der Waals surface area contributed by atoms with Gasteiger partial charge in [-0.15, -0.1) is 0 Å². The van der Waals surface area contributed by atoms with Gasteiger partial charge >= 0.3 is 0 Å². The normalized spacial score (nSPS) is 12.3. The summed E-state index contributed by atoms with van der Waals surface area (Å²) in [6.45, 7) is 7.82. The third-order valence-corrected chi connectivity index (χ3v) is 3.16. The fraction of sp³-hybridized carbons (Fsp3) is 0.429. The van der Waals surface area contributed by atoms with Gasteiger partial charge in [-0.1, -0.05) is 38.2 Å². The minimum Gasteiger partial charge on any atom is -0.393 e. The molecule has 1 amide bonds. The van der Waals surface area contributed by atoms with Crippen LogP contribution in [0.3, 0.4) is 0 Å². The van der Waals surface area contributed by atoms with Gasteiger partial charge in [0.1, 0.15) is 0 Å². The highest BCUT2D eigenvalue weighted by atomic mass is 32.1. The number of aryl methyl sites for hydroxylation is 2. The predicted octanol–water partition coefficient (Wildman–Crippen LogP) is 2.80. The Morgan fingerprint density at radius 3 is 2.44 bits per heavy atom. The molecule has 0 aromatic heterocycles. The Labute approximate surface area is 114 Å². The van der Waals surface area contributed by atoms with E-state index in [4.69, 9.17) is 18.0 Å². The van der Waals surface area contributed by atoms with Crippen molar-refractivity contribution in [1.29, 1.82) is 0 Å². The van der Waals surface area contributed by atoms with Crippen LogP contribution in [0.4, 0.5) is 5.69 Å². The minimum absolute atomic E-state index is 0.0904. The van der Waals surface area contributed by atoms with Crippen molar-refractivity contribution < 1.29 is 4.79 Å². The van der Waals surface area contributed by atoms with E-state index in [1.807, 2.05) is 45.9 Å². The first-order valence-electron chi connectivity index (χ1n) is 6.00. The van der Waals surface area contributed by atoms with Gasteiger partial charge in [-0.05, 0) is 37.0 Å². The van der Waals surface area contributed by atoms with E-state index in [0.29, 0.717) is 0 Å². The van der Waals surface area contributed by atoms with E-state index in [1.54, 1.807) is 0 Å². The van der Waals surface area contributed by atoms with Gasteiger partial charge in [0, 0.05) is 5.69 Å². The molecule has 1 unspecified atom stereocenters. The summed E-state index contributed by atoms with van der Waals surface area (Å²) < 4.78 is 0. The Hall–Kier alpha value is -1.42. The van der Waals surface area contributed by atoms with E-state index >= 15 is 0 Å². The number of nitrogens with one attached hydrogen (secondary N) is 1. The molecule has 0 saturated heterocycles. The van der Waals surface area contributed by atoms with E-state index in [9.17, 15) is 4.79 Å². The van der Waals surface area contributed by atoms with Gasteiger partial charge in [0.05, 0.1) is 10.9 Å². The number of anilines is 1. The molecule has 0 aliphatic carbocycles. The summed E-state index contributed by atoms with van der Waals surface area (Å²) in [7, 11) is 0. The van der Waals surface area contributed by atoms with Gasteiger partial charge in [-0.3, -0.25) is 4.79 Å². The van der Waals surface area contributed by atoms with Crippen molar-refractivity contribution in [2.45, 2.75) is 27.7 Å². The van der Waals surface area contributed by atoms with Gasteiger partial charge in [-0.25, -0.2) is 0 Å². The first-order valence-corrected chi connectivity index (χ1v) is 6.41. The molecule has 4 heteroatoms. The van der Waals surface area contributed by atoms with Gasteiger partial charge in [0.15, 0.2) is 0 Å². The van der Waals surface area contributed by atoms with Gasteiger partial charge < -0.3 is 11.1 Å². The highest BCUT2D eigenvalue weighted by Gasteiger charge is 2.25. The number of carbonyl (C=O) groups is 1. The molecule has 98 valence electrons. The van der Waals surface area contributed by atoms with Crippen LogP contribution in [-0.4, -0.2) is 10.9 Å². The second-order valence-corrected chi connectivity index (χ2v) is 5.40. The lowest BCUT2D eigenvalue weighted by atomic mass is 9.94. The number of nitrogens with two attached hydrogens (primary N) is 1. The molecule has 0 bridgehead atoms. The zero-order valence-corrected chi connectivity index (χ0v) is 12.1. The van der Waals surface area contributed by atoms with Crippen LogP contribution in [0.15, 0.2) is 18.2 Å². The standard InChI is InChI=1S/C14H20N2OS/c1-8(2)12(13(15)18)14(17)16-11-7-9(3)5-6-10(11)4/h5-8,12H,1-4H3,(H2,15,18)(H,16,17). The molecule has 0 heterocycles. The van der Waals surface area contributed by atoms with Crippen LogP contribution in [0, 0.1) is 25.7 Å². The Morgan fingerprint density at radius 1 is 1.33 bits per heavy atom. The molecule has 18 heavy (non-hydrogen) atoms. The smallest absolute Gasteiger partial charge is 0.234 e. The molecule has 3 N–H and O–H groups in total. The van der Waals surface area contributed by atoms with Crippen molar-refractivity contribution in [2.75, 3.05) is 5.32 Å². The molecular formula is C14H20N2OS. The zero-order chi connectivity index (χ0) is 13.9. The molecular weight excluding hydrogens is 244 g/mol. The summed E-state index contributed by atoms with van der Waals surface area (Å²) in [5.41, 5.74) is 8.58. The monoisotopic (exact) mass is 264 g/mol. The maximum atomic E-state index is 12.2. The second kappa shape index (κ2) is 5.96. The van der Waals surface area contributed by atoms with E-state index in [2.05, 4.69) is 5.32 Å². The van der Waals surface area contributed by atoms with Crippen LogP contribution in [0.25, 0.3) is 0 Å². The van der Waals surface area contributed by atoms with Crippen LogP contribution in [0.1, 0.15) is 25.0 Å². The number of rotatable bonds is 4. The fourth-order valence-corrected chi connectivity index (χ4v) is 2.22.